The van der Waals surface area contributed by atoms with Crippen molar-refractivity contribution in [3.63, 3.8) is 0 Å². The molecule has 1 N–H and O–H groups in total. The summed E-state index contributed by atoms with van der Waals surface area (Å²) in [5, 5.41) is 3.03. The summed E-state index contributed by atoms with van der Waals surface area (Å²) in [6, 6.07) is 4.03. The molecule has 0 bridgehead atoms. The zero-order chi connectivity index (χ0) is 16.8. The monoisotopic (exact) mass is 430 g/mol. The van der Waals surface area contributed by atoms with Crippen LogP contribution >= 0.6 is 22.6 Å². The van der Waals surface area contributed by atoms with Crippen LogP contribution < -0.4 is 14.8 Å². The lowest BCUT2D eigenvalue weighted by atomic mass is 10.1. The average molecular weight is 430 g/mol. The van der Waals surface area contributed by atoms with Crippen LogP contribution in [-0.2, 0) is 0 Å². The second-order valence-electron chi connectivity index (χ2n) is 5.48. The maximum atomic E-state index is 12.6. The predicted octanol–water partition coefficient (Wildman–Crippen LogP) is 2.69. The Kier molecular flexibility index (Phi) is 6.71. The summed E-state index contributed by atoms with van der Waals surface area (Å²) in [5.41, 5.74) is 0.504. The van der Waals surface area contributed by atoms with E-state index >= 15 is 0 Å². The molecule has 1 saturated heterocycles. The van der Waals surface area contributed by atoms with Crippen molar-refractivity contribution < 1.29 is 14.3 Å². The summed E-state index contributed by atoms with van der Waals surface area (Å²) in [7, 11) is 3.12. The highest BCUT2D eigenvalue weighted by Gasteiger charge is 2.25. The fraction of sp³-hybridized carbons (Fsp3) is 0.471. The number of nitrogens with one attached hydrogen (secondary N) is 1. The highest BCUT2D eigenvalue weighted by atomic mass is 127. The molecular formula is C17H23IN2O3. The number of methoxy groups -OCH3 is 2. The number of carbonyl (C=O) groups is 1. The first kappa shape index (κ1) is 18.1. The molecule has 0 saturated carbocycles. The number of nitrogens with zero attached hydrogens (tertiary/aromatic N) is 1. The van der Waals surface area contributed by atoms with E-state index in [9.17, 15) is 4.79 Å². The van der Waals surface area contributed by atoms with Gasteiger partial charge in [-0.3, -0.25) is 9.69 Å². The first-order chi connectivity index (χ1) is 11.1. The minimum Gasteiger partial charge on any atom is -0.493 e. The molecule has 6 heteroatoms. The highest BCUT2D eigenvalue weighted by Crippen LogP contribution is 2.33. The Bertz CT molecular complexity index is 577. The van der Waals surface area contributed by atoms with Crippen molar-refractivity contribution in [1.29, 1.82) is 0 Å². The van der Waals surface area contributed by atoms with Crippen molar-refractivity contribution in [3.8, 4) is 11.5 Å². The molecule has 1 aliphatic heterocycles. The molecule has 5 nitrogen and oxygen atoms in total. The maximum Gasteiger partial charge on any atom is 0.255 e. The Morgan fingerprint density at radius 2 is 2.26 bits per heavy atom. The number of hydrogen-bond acceptors (Lipinski definition) is 4. The molecule has 1 aromatic carbocycles. The van der Waals surface area contributed by atoms with E-state index in [1.165, 1.54) is 0 Å². The van der Waals surface area contributed by atoms with Gasteiger partial charge in [-0.15, -0.1) is 6.58 Å². The second-order valence-corrected chi connectivity index (χ2v) is 6.72. The number of halogens is 1. The summed E-state index contributed by atoms with van der Waals surface area (Å²) in [4.78, 5) is 14.9. The largest absolute Gasteiger partial charge is 0.493 e. The van der Waals surface area contributed by atoms with Gasteiger partial charge >= 0.3 is 0 Å². The number of carbonyl (C=O) groups excluding carboxylic acids is 1. The Balaban J connectivity index is 2.09. The number of amides is 1. The van der Waals surface area contributed by atoms with Crippen molar-refractivity contribution >= 4 is 28.5 Å². The fourth-order valence-electron chi connectivity index (χ4n) is 2.94. The third-order valence-electron chi connectivity index (χ3n) is 4.05. The van der Waals surface area contributed by atoms with Gasteiger partial charge in [0.25, 0.3) is 5.91 Å². The average Bonchev–Trinajstić information content (AvgIpc) is 2.99. The van der Waals surface area contributed by atoms with E-state index in [-0.39, 0.29) is 5.91 Å². The first-order valence-corrected chi connectivity index (χ1v) is 8.73. The Labute approximate surface area is 151 Å². The van der Waals surface area contributed by atoms with Gasteiger partial charge in [0.05, 0.1) is 19.8 Å². The van der Waals surface area contributed by atoms with Crippen LogP contribution in [0.15, 0.2) is 24.8 Å². The van der Waals surface area contributed by atoms with Crippen molar-refractivity contribution in [2.75, 3.05) is 33.9 Å². The van der Waals surface area contributed by atoms with Gasteiger partial charge in [0.2, 0.25) is 0 Å². The zero-order valence-corrected chi connectivity index (χ0v) is 15.8. The number of rotatable bonds is 7. The van der Waals surface area contributed by atoms with Gasteiger partial charge in [-0.1, -0.05) is 6.08 Å². The van der Waals surface area contributed by atoms with Gasteiger partial charge in [0.1, 0.15) is 0 Å². The van der Waals surface area contributed by atoms with Gasteiger partial charge in [0, 0.05) is 22.7 Å². The third-order valence-corrected chi connectivity index (χ3v) is 4.67. The summed E-state index contributed by atoms with van der Waals surface area (Å²) >= 11 is 2.17. The molecule has 1 unspecified atom stereocenters. The molecule has 0 spiro atoms. The molecule has 0 radical (unpaired) electrons. The SMILES string of the molecule is C=CCN1CCCC1CNC(=O)c1cc(I)cc(OC)c1OC. The van der Waals surface area contributed by atoms with Gasteiger partial charge < -0.3 is 14.8 Å². The second kappa shape index (κ2) is 8.54. The van der Waals surface area contributed by atoms with Crippen LogP contribution in [0.2, 0.25) is 0 Å². The van der Waals surface area contributed by atoms with E-state index in [1.807, 2.05) is 18.2 Å². The maximum absolute atomic E-state index is 12.6. The molecule has 23 heavy (non-hydrogen) atoms. The first-order valence-electron chi connectivity index (χ1n) is 7.65. The molecule has 1 aliphatic rings. The van der Waals surface area contributed by atoms with Crippen LogP contribution in [-0.4, -0.2) is 50.7 Å². The molecule has 1 heterocycles. The number of hydrogen-bond donors (Lipinski definition) is 1. The van der Waals surface area contributed by atoms with Gasteiger partial charge in [0.15, 0.2) is 11.5 Å². The molecule has 1 atom stereocenters. The van der Waals surface area contributed by atoms with E-state index < -0.39 is 0 Å². The summed E-state index contributed by atoms with van der Waals surface area (Å²) < 4.78 is 11.6. The minimum absolute atomic E-state index is 0.135. The lowest BCUT2D eigenvalue weighted by molar-refractivity contribution is 0.0938. The topological polar surface area (TPSA) is 50.8 Å². The van der Waals surface area contributed by atoms with Crippen LogP contribution in [0.3, 0.4) is 0 Å². The molecule has 1 amide bonds. The standard InChI is InChI=1S/C17H23IN2O3/c1-4-7-20-8-5-6-13(20)11-19-17(21)14-9-12(18)10-15(22-2)16(14)23-3/h4,9-10,13H,1,5-8,11H2,2-3H3,(H,19,21). The number of ether oxygens (including phenoxy) is 2. The third kappa shape index (κ3) is 4.38. The molecule has 2 rings (SSSR count). The van der Waals surface area contributed by atoms with Crippen molar-refractivity contribution in [3.05, 3.63) is 33.9 Å². The van der Waals surface area contributed by atoms with Gasteiger partial charge in [-0.2, -0.15) is 0 Å². The van der Waals surface area contributed by atoms with E-state index in [0.29, 0.717) is 29.6 Å². The fourth-order valence-corrected chi connectivity index (χ4v) is 3.53. The summed E-state index contributed by atoms with van der Waals surface area (Å²) in [6.45, 7) is 6.35. The molecule has 126 valence electrons. The van der Waals surface area contributed by atoms with Gasteiger partial charge in [-0.25, -0.2) is 0 Å². The molecule has 0 aliphatic carbocycles. The van der Waals surface area contributed by atoms with Crippen LogP contribution in [0.5, 0.6) is 11.5 Å². The Morgan fingerprint density at radius 1 is 1.48 bits per heavy atom. The van der Waals surface area contributed by atoms with Crippen LogP contribution in [0, 0.1) is 3.57 Å². The smallest absolute Gasteiger partial charge is 0.255 e. The van der Waals surface area contributed by atoms with Gasteiger partial charge in [-0.05, 0) is 54.1 Å². The van der Waals surface area contributed by atoms with E-state index in [0.717, 1.165) is 29.5 Å². The summed E-state index contributed by atoms with van der Waals surface area (Å²) in [5.74, 6) is 0.905. The van der Waals surface area contributed by atoms with Crippen molar-refractivity contribution in [1.82, 2.24) is 10.2 Å². The zero-order valence-electron chi connectivity index (χ0n) is 13.6. The van der Waals surface area contributed by atoms with Crippen LogP contribution in [0.25, 0.3) is 0 Å². The normalized spacial score (nSPS) is 17.8. The van der Waals surface area contributed by atoms with Crippen LogP contribution in [0.4, 0.5) is 0 Å². The number of likely N-dealkylation sites (tertiary alicyclic amines) is 1. The minimum atomic E-state index is -0.135. The molecule has 0 aromatic heterocycles. The highest BCUT2D eigenvalue weighted by molar-refractivity contribution is 14.1. The number of benzene rings is 1. The van der Waals surface area contributed by atoms with E-state index in [4.69, 9.17) is 9.47 Å². The lowest BCUT2D eigenvalue weighted by Gasteiger charge is -2.23. The van der Waals surface area contributed by atoms with E-state index in [1.54, 1.807) is 14.2 Å². The van der Waals surface area contributed by atoms with Crippen LogP contribution in [0.1, 0.15) is 23.2 Å². The predicted molar refractivity (Wildman–Crippen MR) is 99.4 cm³/mol. The van der Waals surface area contributed by atoms with Crippen molar-refractivity contribution in [2.45, 2.75) is 18.9 Å². The Morgan fingerprint density at radius 3 is 2.91 bits per heavy atom. The quantitative estimate of drug-likeness (QED) is 0.534. The molecule has 1 fully saturated rings. The summed E-state index contributed by atoms with van der Waals surface area (Å²) in [6.07, 6.45) is 4.17. The van der Waals surface area contributed by atoms with Crippen molar-refractivity contribution in [2.24, 2.45) is 0 Å². The molecule has 1 aromatic rings. The Hall–Kier alpha value is -1.28. The van der Waals surface area contributed by atoms with E-state index in [2.05, 4.69) is 39.4 Å². The lowest BCUT2D eigenvalue weighted by Crippen LogP contribution is -2.40. The molecular weight excluding hydrogens is 407 g/mol.